The molecule has 0 aliphatic heterocycles. The van der Waals surface area contributed by atoms with E-state index in [2.05, 4.69) is 0 Å². The molecule has 72 valence electrons. The van der Waals surface area contributed by atoms with Crippen LogP contribution in [0.1, 0.15) is 10.4 Å². The lowest BCUT2D eigenvalue weighted by Gasteiger charge is -1.98. The molecule has 0 saturated heterocycles. The fourth-order valence-electron chi connectivity index (χ4n) is 1.23. The van der Waals surface area contributed by atoms with Gasteiger partial charge in [-0.05, 0) is 12.1 Å². The second-order valence-corrected chi connectivity index (χ2v) is 3.67. The van der Waals surface area contributed by atoms with E-state index in [4.69, 9.17) is 5.11 Å². The number of thiophene rings is 1. The maximum absolute atomic E-state index is 13.0. The molecule has 0 aliphatic rings. The van der Waals surface area contributed by atoms with Crippen LogP contribution in [-0.4, -0.2) is 16.2 Å². The van der Waals surface area contributed by atoms with Crippen LogP contribution in [0.3, 0.4) is 0 Å². The highest BCUT2D eigenvalue weighted by molar-refractivity contribution is 7.17. The number of phenolic OH excluding ortho intramolecular Hbond substituents is 1. The van der Waals surface area contributed by atoms with E-state index in [0.717, 1.165) is 17.4 Å². The van der Waals surface area contributed by atoms with Crippen LogP contribution in [-0.2, 0) is 0 Å². The van der Waals surface area contributed by atoms with Crippen molar-refractivity contribution in [3.8, 4) is 5.75 Å². The third kappa shape index (κ3) is 1.22. The van der Waals surface area contributed by atoms with Gasteiger partial charge in [0.05, 0.1) is 10.9 Å². The third-order valence-corrected chi connectivity index (χ3v) is 2.76. The molecule has 3 nitrogen and oxygen atoms in total. The second-order valence-electron chi connectivity index (χ2n) is 2.76. The highest BCUT2D eigenvalue weighted by Crippen LogP contribution is 2.33. The van der Waals surface area contributed by atoms with Crippen molar-refractivity contribution in [1.29, 1.82) is 0 Å². The maximum atomic E-state index is 13.0. The Labute approximate surface area is 82.0 Å². The van der Waals surface area contributed by atoms with Crippen LogP contribution in [0.15, 0.2) is 17.5 Å². The monoisotopic (exact) mass is 212 g/mol. The summed E-state index contributed by atoms with van der Waals surface area (Å²) in [6, 6.07) is 2.38. The number of aromatic carboxylic acids is 1. The molecule has 5 heteroatoms. The van der Waals surface area contributed by atoms with Gasteiger partial charge in [0.1, 0.15) is 11.6 Å². The van der Waals surface area contributed by atoms with Gasteiger partial charge in [0.2, 0.25) is 0 Å². The van der Waals surface area contributed by atoms with Crippen molar-refractivity contribution in [2.24, 2.45) is 0 Å². The highest BCUT2D eigenvalue weighted by Gasteiger charge is 2.12. The molecule has 0 spiro atoms. The lowest BCUT2D eigenvalue weighted by Crippen LogP contribution is -1.94. The van der Waals surface area contributed by atoms with E-state index in [9.17, 15) is 14.3 Å². The zero-order chi connectivity index (χ0) is 10.3. The van der Waals surface area contributed by atoms with Gasteiger partial charge < -0.3 is 10.2 Å². The summed E-state index contributed by atoms with van der Waals surface area (Å²) in [5, 5.41) is 19.4. The molecule has 0 radical (unpaired) electrons. The van der Waals surface area contributed by atoms with Gasteiger partial charge in [-0.25, -0.2) is 9.18 Å². The molecule has 14 heavy (non-hydrogen) atoms. The number of carboxylic acid groups (broad SMARTS) is 1. The minimum Gasteiger partial charge on any atom is -0.507 e. The first-order valence-corrected chi connectivity index (χ1v) is 4.60. The van der Waals surface area contributed by atoms with Crippen LogP contribution in [0.5, 0.6) is 5.75 Å². The molecule has 1 heterocycles. The van der Waals surface area contributed by atoms with Crippen molar-refractivity contribution in [1.82, 2.24) is 0 Å². The van der Waals surface area contributed by atoms with Gasteiger partial charge in [0.25, 0.3) is 0 Å². The Morgan fingerprint density at radius 2 is 2.14 bits per heavy atom. The Hall–Kier alpha value is -1.62. The van der Waals surface area contributed by atoms with Gasteiger partial charge in [0, 0.05) is 10.1 Å². The van der Waals surface area contributed by atoms with Crippen molar-refractivity contribution in [2.75, 3.05) is 0 Å². The van der Waals surface area contributed by atoms with Crippen LogP contribution in [0.4, 0.5) is 4.39 Å². The average Bonchev–Trinajstić information content (AvgIpc) is 2.48. The summed E-state index contributed by atoms with van der Waals surface area (Å²) in [7, 11) is 0. The summed E-state index contributed by atoms with van der Waals surface area (Å²) in [5.41, 5.74) is -0.0446. The predicted octanol–water partition coefficient (Wildman–Crippen LogP) is 2.44. The number of benzene rings is 1. The SMILES string of the molecule is O=C(O)c1cc(O)c2c(F)csc2c1. The first-order valence-electron chi connectivity index (χ1n) is 3.72. The van der Waals surface area contributed by atoms with E-state index in [-0.39, 0.29) is 16.7 Å². The van der Waals surface area contributed by atoms with Gasteiger partial charge in [0.15, 0.2) is 0 Å². The largest absolute Gasteiger partial charge is 0.507 e. The number of aromatic hydroxyl groups is 1. The van der Waals surface area contributed by atoms with E-state index in [1.807, 2.05) is 0 Å². The fourth-order valence-corrected chi connectivity index (χ4v) is 2.09. The first kappa shape index (κ1) is 8.96. The standard InChI is InChI=1S/C9H5FO3S/c10-5-3-14-7-2-4(9(12)13)1-6(11)8(5)7/h1-3,11H,(H,12,13). The van der Waals surface area contributed by atoms with E-state index in [0.29, 0.717) is 4.70 Å². The molecule has 1 aromatic carbocycles. The number of hydrogen-bond donors (Lipinski definition) is 2. The lowest BCUT2D eigenvalue weighted by molar-refractivity contribution is 0.0696. The molecule has 0 fully saturated rings. The zero-order valence-corrected chi connectivity index (χ0v) is 7.64. The van der Waals surface area contributed by atoms with Gasteiger partial charge >= 0.3 is 5.97 Å². The van der Waals surface area contributed by atoms with Crippen molar-refractivity contribution >= 4 is 27.4 Å². The molecule has 2 rings (SSSR count). The maximum Gasteiger partial charge on any atom is 0.335 e. The number of fused-ring (bicyclic) bond motifs is 1. The summed E-state index contributed by atoms with van der Waals surface area (Å²) in [5.74, 6) is -2.01. The van der Waals surface area contributed by atoms with Crippen LogP contribution >= 0.6 is 11.3 Å². The van der Waals surface area contributed by atoms with Crippen molar-refractivity contribution in [3.63, 3.8) is 0 Å². The highest BCUT2D eigenvalue weighted by atomic mass is 32.1. The summed E-state index contributed by atoms with van der Waals surface area (Å²) < 4.78 is 13.5. The quantitative estimate of drug-likeness (QED) is 0.763. The number of rotatable bonds is 1. The minimum atomic E-state index is -1.14. The van der Waals surface area contributed by atoms with Crippen LogP contribution in [0.25, 0.3) is 10.1 Å². The molecular formula is C9H5FO3S. The molecule has 0 unspecified atom stereocenters. The second kappa shape index (κ2) is 2.95. The number of phenols is 1. The van der Waals surface area contributed by atoms with E-state index < -0.39 is 11.8 Å². The van der Waals surface area contributed by atoms with Crippen molar-refractivity contribution < 1.29 is 19.4 Å². The molecule has 0 aliphatic carbocycles. The Bertz CT molecular complexity index is 518. The zero-order valence-electron chi connectivity index (χ0n) is 6.82. The van der Waals surface area contributed by atoms with Gasteiger partial charge in [-0.1, -0.05) is 0 Å². The predicted molar refractivity (Wildman–Crippen MR) is 50.4 cm³/mol. The van der Waals surface area contributed by atoms with Gasteiger partial charge in [-0.2, -0.15) is 0 Å². The number of halogens is 1. The first-order chi connectivity index (χ1) is 6.59. The molecule has 0 saturated carbocycles. The molecule has 2 aromatic rings. The fraction of sp³-hybridized carbons (Fsp3) is 0. The van der Waals surface area contributed by atoms with E-state index >= 15 is 0 Å². The normalized spacial score (nSPS) is 10.6. The van der Waals surface area contributed by atoms with Crippen LogP contribution in [0, 0.1) is 5.82 Å². The average molecular weight is 212 g/mol. The summed E-state index contributed by atoms with van der Waals surface area (Å²) in [6.07, 6.45) is 0. The number of carboxylic acids is 1. The van der Waals surface area contributed by atoms with Crippen LogP contribution < -0.4 is 0 Å². The van der Waals surface area contributed by atoms with Crippen molar-refractivity contribution in [2.45, 2.75) is 0 Å². The summed E-state index contributed by atoms with van der Waals surface area (Å²) in [4.78, 5) is 10.6. The smallest absolute Gasteiger partial charge is 0.335 e. The summed E-state index contributed by atoms with van der Waals surface area (Å²) in [6.45, 7) is 0. The van der Waals surface area contributed by atoms with E-state index in [1.54, 1.807) is 0 Å². The van der Waals surface area contributed by atoms with Crippen LogP contribution in [0.2, 0.25) is 0 Å². The molecule has 1 aromatic heterocycles. The molecule has 0 amide bonds. The Kier molecular flexibility index (Phi) is 1.89. The number of carbonyl (C=O) groups is 1. The molecular weight excluding hydrogens is 207 g/mol. The Morgan fingerprint density at radius 1 is 1.43 bits per heavy atom. The van der Waals surface area contributed by atoms with Crippen molar-refractivity contribution in [3.05, 3.63) is 28.9 Å². The molecule has 2 N–H and O–H groups in total. The lowest BCUT2D eigenvalue weighted by atomic mass is 10.1. The Morgan fingerprint density at radius 3 is 2.79 bits per heavy atom. The number of hydrogen-bond acceptors (Lipinski definition) is 3. The Balaban J connectivity index is 2.80. The van der Waals surface area contributed by atoms with Gasteiger partial charge in [-0.3, -0.25) is 0 Å². The van der Waals surface area contributed by atoms with E-state index in [1.165, 1.54) is 11.4 Å². The third-order valence-electron chi connectivity index (χ3n) is 1.86. The molecule has 0 bridgehead atoms. The minimum absolute atomic E-state index is 0.0446. The molecule has 0 atom stereocenters. The topological polar surface area (TPSA) is 57.5 Å². The van der Waals surface area contributed by atoms with Gasteiger partial charge in [-0.15, -0.1) is 11.3 Å². The summed E-state index contributed by atoms with van der Waals surface area (Å²) >= 11 is 1.06.